The summed E-state index contributed by atoms with van der Waals surface area (Å²) >= 11 is 6.42. The molecule has 0 amide bonds. The normalized spacial score (nSPS) is 14.6. The van der Waals surface area contributed by atoms with E-state index in [9.17, 15) is 0 Å². The molecule has 2 aromatic carbocycles. The minimum atomic E-state index is 0.386. The van der Waals surface area contributed by atoms with Crippen LogP contribution in [0.25, 0.3) is 39.7 Å². The van der Waals surface area contributed by atoms with Crippen LogP contribution in [0.5, 0.6) is 0 Å². The van der Waals surface area contributed by atoms with E-state index < -0.39 is 0 Å². The molecule has 0 saturated carbocycles. The summed E-state index contributed by atoms with van der Waals surface area (Å²) in [5.74, 6) is 2.01. The summed E-state index contributed by atoms with van der Waals surface area (Å²) in [4.78, 5) is 20.7. The molecule has 1 fully saturated rings. The highest BCUT2D eigenvalue weighted by Crippen LogP contribution is 2.34. The van der Waals surface area contributed by atoms with Gasteiger partial charge in [0.15, 0.2) is 16.6 Å². The molecule has 1 aliphatic heterocycles. The molecule has 1 N–H and O–H groups in total. The van der Waals surface area contributed by atoms with Crippen molar-refractivity contribution in [1.29, 1.82) is 0 Å². The first-order valence-electron chi connectivity index (χ1n) is 13.5. The first-order chi connectivity index (χ1) is 19.7. The Morgan fingerprint density at radius 3 is 2.40 bits per heavy atom. The number of pyridine rings is 1. The molecule has 4 aromatic heterocycles. The van der Waals surface area contributed by atoms with Crippen molar-refractivity contribution in [2.75, 3.05) is 13.1 Å². The Balaban J connectivity index is 1.05. The van der Waals surface area contributed by atoms with Crippen molar-refractivity contribution in [2.24, 2.45) is 0 Å². The number of hydrogen-bond donors (Lipinski definition) is 1. The predicted octanol–water partition coefficient (Wildman–Crippen LogP) is 6.28. The van der Waals surface area contributed by atoms with Gasteiger partial charge in [0.1, 0.15) is 11.5 Å². The highest BCUT2D eigenvalue weighted by atomic mass is 35.5. The average molecular weight is 547 g/mol. The van der Waals surface area contributed by atoms with E-state index in [0.717, 1.165) is 66.5 Å². The number of likely N-dealkylation sites (tertiary alicyclic amines) is 1. The van der Waals surface area contributed by atoms with Crippen molar-refractivity contribution in [1.82, 2.24) is 39.4 Å². The zero-order chi connectivity index (χ0) is 26.9. The highest BCUT2D eigenvalue weighted by Gasteiger charge is 2.24. The van der Waals surface area contributed by atoms with E-state index >= 15 is 0 Å². The summed E-state index contributed by atoms with van der Waals surface area (Å²) in [6.45, 7) is 2.94. The van der Waals surface area contributed by atoms with Gasteiger partial charge in [-0.05, 0) is 43.6 Å². The van der Waals surface area contributed by atoms with Gasteiger partial charge < -0.3 is 0 Å². The quantitative estimate of drug-likeness (QED) is 0.265. The maximum absolute atomic E-state index is 6.42. The fraction of sp³-hybridized carbons (Fsp3) is 0.194. The number of halogens is 1. The first kappa shape index (κ1) is 24.6. The van der Waals surface area contributed by atoms with Crippen LogP contribution in [0.4, 0.5) is 0 Å². The van der Waals surface area contributed by atoms with Crippen LogP contribution in [0.1, 0.15) is 30.1 Å². The van der Waals surface area contributed by atoms with E-state index in [-0.39, 0.29) is 0 Å². The smallest absolute Gasteiger partial charge is 0.199 e. The summed E-state index contributed by atoms with van der Waals surface area (Å²) in [7, 11) is 0. The van der Waals surface area contributed by atoms with Crippen molar-refractivity contribution in [3.05, 3.63) is 108 Å². The molecule has 0 bridgehead atoms. The molecule has 1 saturated heterocycles. The molecule has 9 heteroatoms. The van der Waals surface area contributed by atoms with Crippen LogP contribution in [0.15, 0.2) is 91.4 Å². The Morgan fingerprint density at radius 1 is 0.825 bits per heavy atom. The summed E-state index contributed by atoms with van der Waals surface area (Å²) in [5, 5.41) is 7.94. The van der Waals surface area contributed by atoms with Gasteiger partial charge in [0.25, 0.3) is 0 Å². The predicted molar refractivity (Wildman–Crippen MR) is 156 cm³/mol. The number of hydrogen-bond acceptors (Lipinski definition) is 6. The van der Waals surface area contributed by atoms with Gasteiger partial charge in [-0.2, -0.15) is 5.10 Å². The largest absolute Gasteiger partial charge is 0.299 e. The lowest BCUT2D eigenvalue weighted by atomic mass is 9.95. The number of nitrogens with one attached hydrogen (secondary N) is 1. The molecule has 0 spiro atoms. The molecule has 5 heterocycles. The summed E-state index contributed by atoms with van der Waals surface area (Å²) in [6.07, 6.45) is 7.48. The van der Waals surface area contributed by atoms with Crippen molar-refractivity contribution < 1.29 is 0 Å². The molecule has 0 atom stereocenters. The van der Waals surface area contributed by atoms with Crippen molar-refractivity contribution in [3.63, 3.8) is 0 Å². The Morgan fingerprint density at radius 2 is 1.62 bits per heavy atom. The van der Waals surface area contributed by atoms with Crippen LogP contribution >= 0.6 is 11.6 Å². The van der Waals surface area contributed by atoms with E-state index in [1.165, 1.54) is 5.56 Å². The second-order valence-electron chi connectivity index (χ2n) is 10.1. The van der Waals surface area contributed by atoms with Crippen LogP contribution in [-0.2, 0) is 6.54 Å². The minimum Gasteiger partial charge on any atom is -0.299 e. The number of fused-ring (bicyclic) bond motifs is 1. The molecule has 8 nitrogen and oxygen atoms in total. The third-order valence-electron chi connectivity index (χ3n) is 7.55. The van der Waals surface area contributed by atoms with Crippen molar-refractivity contribution >= 4 is 17.2 Å². The highest BCUT2D eigenvalue weighted by molar-refractivity contribution is 6.32. The molecule has 0 aliphatic carbocycles. The zero-order valence-electron chi connectivity index (χ0n) is 21.8. The molecule has 40 heavy (non-hydrogen) atoms. The Hall–Kier alpha value is -4.40. The fourth-order valence-electron chi connectivity index (χ4n) is 5.48. The van der Waals surface area contributed by atoms with E-state index in [0.29, 0.717) is 22.5 Å². The van der Waals surface area contributed by atoms with Crippen LogP contribution in [-0.4, -0.2) is 52.5 Å². The number of aromatic nitrogens is 7. The third kappa shape index (κ3) is 4.76. The van der Waals surface area contributed by atoms with E-state index in [2.05, 4.69) is 61.5 Å². The van der Waals surface area contributed by atoms with Gasteiger partial charge in [0.05, 0.1) is 11.4 Å². The molecule has 0 radical (unpaired) electrons. The summed E-state index contributed by atoms with van der Waals surface area (Å²) in [6, 6.07) is 24.8. The topological polar surface area (TPSA) is 87.9 Å². The van der Waals surface area contributed by atoms with E-state index in [4.69, 9.17) is 21.6 Å². The molecular weight excluding hydrogens is 520 g/mol. The second kappa shape index (κ2) is 10.6. The first-order valence-corrected chi connectivity index (χ1v) is 13.8. The maximum atomic E-state index is 6.42. The van der Waals surface area contributed by atoms with Gasteiger partial charge in [-0.15, -0.1) is 0 Å². The number of nitrogens with zero attached hydrogens (tertiary/aromatic N) is 7. The standard InChI is InChI=1S/C31H27ClN8/c32-28-31-35-26(27(40(31)19-16-34-28)23-6-2-1-3-7-23)22-11-9-21(10-12-22)20-39-17-13-24(14-18-39)29-36-30(38-37-29)25-8-4-5-15-33-25/h1-12,15-16,19,24H,13-14,17-18,20H2,(H,36,37,38). The molecule has 7 rings (SSSR count). The Bertz CT molecular complexity index is 1740. The number of aromatic amines is 1. The van der Waals surface area contributed by atoms with E-state index in [1.54, 1.807) is 12.4 Å². The number of piperidine rings is 1. The van der Waals surface area contributed by atoms with Crippen LogP contribution < -0.4 is 0 Å². The van der Waals surface area contributed by atoms with Gasteiger partial charge in [-0.25, -0.2) is 15.0 Å². The number of benzene rings is 2. The SMILES string of the molecule is Clc1nccn2c(-c3ccccc3)c(-c3ccc(CN4CCC(c5nc(-c6ccccn6)n[nH]5)CC4)cc3)nc12. The number of imidazole rings is 1. The number of rotatable bonds is 6. The lowest BCUT2D eigenvalue weighted by Gasteiger charge is -2.30. The maximum Gasteiger partial charge on any atom is 0.199 e. The van der Waals surface area contributed by atoms with Crippen LogP contribution in [0.2, 0.25) is 5.15 Å². The van der Waals surface area contributed by atoms with Gasteiger partial charge in [-0.3, -0.25) is 19.4 Å². The van der Waals surface area contributed by atoms with Gasteiger partial charge in [-0.1, -0.05) is 72.3 Å². The Kier molecular flexibility index (Phi) is 6.55. The molecule has 0 unspecified atom stereocenters. The Labute approximate surface area is 236 Å². The monoisotopic (exact) mass is 546 g/mol. The summed E-state index contributed by atoms with van der Waals surface area (Å²) < 4.78 is 2.02. The molecule has 6 aromatic rings. The van der Waals surface area contributed by atoms with Crippen molar-refractivity contribution in [3.8, 4) is 34.0 Å². The van der Waals surface area contributed by atoms with Crippen LogP contribution in [0, 0.1) is 0 Å². The lowest BCUT2D eigenvalue weighted by Crippen LogP contribution is -2.32. The average Bonchev–Trinajstić information content (AvgIpc) is 3.66. The zero-order valence-corrected chi connectivity index (χ0v) is 22.5. The van der Waals surface area contributed by atoms with Gasteiger partial charge in [0, 0.05) is 42.2 Å². The second-order valence-corrected chi connectivity index (χ2v) is 10.5. The molecule has 198 valence electrons. The van der Waals surface area contributed by atoms with Gasteiger partial charge >= 0.3 is 0 Å². The third-order valence-corrected chi connectivity index (χ3v) is 7.82. The van der Waals surface area contributed by atoms with E-state index in [1.807, 2.05) is 47.0 Å². The minimum absolute atomic E-state index is 0.386. The molecule has 1 aliphatic rings. The van der Waals surface area contributed by atoms with Crippen LogP contribution in [0.3, 0.4) is 0 Å². The molecular formula is C31H27ClN8. The van der Waals surface area contributed by atoms with Gasteiger partial charge in [0.2, 0.25) is 0 Å². The summed E-state index contributed by atoms with van der Waals surface area (Å²) in [5.41, 5.74) is 6.77. The number of H-pyrrole nitrogens is 1. The fourth-order valence-corrected chi connectivity index (χ4v) is 5.67. The van der Waals surface area contributed by atoms with Crippen molar-refractivity contribution in [2.45, 2.75) is 25.3 Å². The lowest BCUT2D eigenvalue weighted by molar-refractivity contribution is 0.202.